The number of amides is 1. The van der Waals surface area contributed by atoms with Crippen LogP contribution in [-0.4, -0.2) is 23.0 Å². The van der Waals surface area contributed by atoms with Gasteiger partial charge in [-0.25, -0.2) is 4.79 Å². The fraction of sp³-hybridized carbons (Fsp3) is 0.600. The van der Waals surface area contributed by atoms with Gasteiger partial charge in [0.25, 0.3) is 5.91 Å². The summed E-state index contributed by atoms with van der Waals surface area (Å²) >= 11 is 0. The maximum absolute atomic E-state index is 12.1. The molecule has 110 valence electrons. The Morgan fingerprint density at radius 3 is 2.65 bits per heavy atom. The molecule has 1 fully saturated rings. The average molecular weight is 279 g/mol. The Morgan fingerprint density at radius 1 is 1.40 bits per heavy atom. The molecule has 5 nitrogen and oxygen atoms in total. The highest BCUT2D eigenvalue weighted by Gasteiger charge is 2.25. The molecule has 1 saturated carbocycles. The van der Waals surface area contributed by atoms with Gasteiger partial charge < -0.3 is 14.8 Å². The van der Waals surface area contributed by atoms with Crippen LogP contribution >= 0.6 is 0 Å². The van der Waals surface area contributed by atoms with Gasteiger partial charge in [0, 0.05) is 12.1 Å². The van der Waals surface area contributed by atoms with Gasteiger partial charge in [-0.15, -0.1) is 0 Å². The molecule has 0 bridgehead atoms. The number of furan rings is 1. The third-order valence-electron chi connectivity index (χ3n) is 4.05. The van der Waals surface area contributed by atoms with Crippen LogP contribution in [0.15, 0.2) is 16.7 Å². The second-order valence-electron chi connectivity index (χ2n) is 5.39. The third kappa shape index (κ3) is 3.40. The van der Waals surface area contributed by atoms with E-state index in [-0.39, 0.29) is 23.3 Å². The highest BCUT2D eigenvalue weighted by molar-refractivity contribution is 5.95. The number of nitrogens with one attached hydrogen (secondary N) is 1. The summed E-state index contributed by atoms with van der Waals surface area (Å²) < 4.78 is 5.03. The van der Waals surface area contributed by atoms with Crippen molar-refractivity contribution in [2.75, 3.05) is 0 Å². The molecule has 1 atom stereocenters. The Kier molecular flexibility index (Phi) is 4.82. The van der Waals surface area contributed by atoms with E-state index >= 15 is 0 Å². The molecule has 1 aromatic rings. The maximum Gasteiger partial charge on any atom is 0.338 e. The minimum atomic E-state index is -1.09. The van der Waals surface area contributed by atoms with Crippen molar-refractivity contribution in [3.05, 3.63) is 23.7 Å². The van der Waals surface area contributed by atoms with Gasteiger partial charge in [0.05, 0.1) is 5.56 Å². The number of hydrogen-bond acceptors (Lipinski definition) is 3. The Hall–Kier alpha value is -1.78. The predicted octanol–water partition coefficient (Wildman–Crippen LogP) is 3.07. The molecule has 0 aliphatic heterocycles. The number of carboxylic acids is 1. The van der Waals surface area contributed by atoms with Gasteiger partial charge in [0.2, 0.25) is 0 Å². The van der Waals surface area contributed by atoms with Crippen LogP contribution < -0.4 is 5.32 Å². The summed E-state index contributed by atoms with van der Waals surface area (Å²) in [7, 11) is 0. The standard InChI is InChI=1S/C15H21NO4/c1-2-12(10-6-4-3-5-7-10)16-14(17)13-8-11(9-20-13)15(18)19/h8-10,12H,2-7H2,1H3,(H,16,17)(H,18,19). The molecule has 2 rings (SSSR count). The van der Waals surface area contributed by atoms with Crippen molar-refractivity contribution in [2.45, 2.75) is 51.5 Å². The van der Waals surface area contributed by atoms with Gasteiger partial charge in [0.15, 0.2) is 5.76 Å². The molecular formula is C15H21NO4. The van der Waals surface area contributed by atoms with Gasteiger partial charge in [0.1, 0.15) is 6.26 Å². The largest absolute Gasteiger partial charge is 0.478 e. The van der Waals surface area contributed by atoms with E-state index in [1.165, 1.54) is 25.3 Å². The lowest BCUT2D eigenvalue weighted by atomic mass is 9.83. The number of aromatic carboxylic acids is 1. The van der Waals surface area contributed by atoms with Crippen LogP contribution in [0.5, 0.6) is 0 Å². The van der Waals surface area contributed by atoms with Crippen LogP contribution in [0.3, 0.4) is 0 Å². The van der Waals surface area contributed by atoms with E-state index in [4.69, 9.17) is 9.52 Å². The summed E-state index contributed by atoms with van der Waals surface area (Å²) in [6, 6.07) is 1.41. The normalized spacial score (nSPS) is 17.6. The topological polar surface area (TPSA) is 79.5 Å². The van der Waals surface area contributed by atoms with E-state index in [0.717, 1.165) is 25.5 Å². The molecule has 20 heavy (non-hydrogen) atoms. The fourth-order valence-corrected chi connectivity index (χ4v) is 2.90. The molecule has 1 aliphatic rings. The second-order valence-corrected chi connectivity index (χ2v) is 5.39. The van der Waals surface area contributed by atoms with E-state index in [1.807, 2.05) is 0 Å². The number of carbonyl (C=O) groups excluding carboxylic acids is 1. The van der Waals surface area contributed by atoms with Crippen LogP contribution in [0.2, 0.25) is 0 Å². The Bertz CT molecular complexity index is 474. The first-order chi connectivity index (χ1) is 9.61. The number of carboxylic acid groups (broad SMARTS) is 1. The molecule has 0 radical (unpaired) electrons. The summed E-state index contributed by atoms with van der Waals surface area (Å²) in [5.41, 5.74) is 0.000801. The van der Waals surface area contributed by atoms with E-state index in [0.29, 0.717) is 5.92 Å². The minimum Gasteiger partial charge on any atom is -0.478 e. The first-order valence-electron chi connectivity index (χ1n) is 7.24. The quantitative estimate of drug-likeness (QED) is 0.868. The molecule has 1 aromatic heterocycles. The van der Waals surface area contributed by atoms with Crippen LogP contribution in [0.4, 0.5) is 0 Å². The van der Waals surface area contributed by atoms with Crippen molar-refractivity contribution in [1.29, 1.82) is 0 Å². The van der Waals surface area contributed by atoms with Gasteiger partial charge >= 0.3 is 5.97 Å². The molecule has 1 unspecified atom stereocenters. The van der Waals surface area contributed by atoms with E-state index < -0.39 is 5.97 Å². The van der Waals surface area contributed by atoms with Gasteiger partial charge in [-0.3, -0.25) is 4.79 Å². The van der Waals surface area contributed by atoms with Gasteiger partial charge in [-0.2, -0.15) is 0 Å². The van der Waals surface area contributed by atoms with Crippen molar-refractivity contribution in [3.8, 4) is 0 Å². The van der Waals surface area contributed by atoms with Gasteiger partial charge in [-0.1, -0.05) is 26.2 Å². The van der Waals surface area contributed by atoms with E-state index in [9.17, 15) is 9.59 Å². The molecule has 5 heteroatoms. The molecule has 0 saturated heterocycles. The van der Waals surface area contributed by atoms with Crippen molar-refractivity contribution in [1.82, 2.24) is 5.32 Å². The molecule has 0 aromatic carbocycles. The van der Waals surface area contributed by atoms with Gasteiger partial charge in [-0.05, 0) is 25.2 Å². The fourth-order valence-electron chi connectivity index (χ4n) is 2.90. The third-order valence-corrected chi connectivity index (χ3v) is 4.05. The zero-order valence-corrected chi connectivity index (χ0v) is 11.7. The average Bonchev–Trinajstić information content (AvgIpc) is 2.95. The number of carbonyl (C=O) groups is 2. The Morgan fingerprint density at radius 2 is 2.10 bits per heavy atom. The number of rotatable bonds is 5. The number of hydrogen-bond donors (Lipinski definition) is 2. The first kappa shape index (κ1) is 14.6. The van der Waals surface area contributed by atoms with E-state index in [2.05, 4.69) is 12.2 Å². The lowest BCUT2D eigenvalue weighted by molar-refractivity contribution is 0.0695. The van der Waals surface area contributed by atoms with Crippen molar-refractivity contribution in [3.63, 3.8) is 0 Å². The Labute approximate surface area is 118 Å². The van der Waals surface area contributed by atoms with Crippen LogP contribution in [0.25, 0.3) is 0 Å². The second kappa shape index (κ2) is 6.59. The molecule has 1 aliphatic carbocycles. The first-order valence-corrected chi connectivity index (χ1v) is 7.24. The SMILES string of the molecule is CCC(NC(=O)c1cc(C(=O)O)co1)C1CCCCC1. The van der Waals surface area contributed by atoms with Crippen LogP contribution in [0.1, 0.15) is 66.4 Å². The summed E-state index contributed by atoms with van der Waals surface area (Å²) in [4.78, 5) is 22.9. The Balaban J connectivity index is 1.98. The molecule has 1 heterocycles. The van der Waals surface area contributed by atoms with Crippen LogP contribution in [0, 0.1) is 5.92 Å². The minimum absolute atomic E-state index is 0.000801. The highest BCUT2D eigenvalue weighted by atomic mass is 16.4. The van der Waals surface area contributed by atoms with Crippen molar-refractivity contribution in [2.24, 2.45) is 5.92 Å². The van der Waals surface area contributed by atoms with Crippen molar-refractivity contribution < 1.29 is 19.1 Å². The molecule has 0 spiro atoms. The lowest BCUT2D eigenvalue weighted by Crippen LogP contribution is -2.40. The summed E-state index contributed by atoms with van der Waals surface area (Å²) in [6.45, 7) is 2.06. The smallest absolute Gasteiger partial charge is 0.338 e. The molecule has 1 amide bonds. The zero-order valence-electron chi connectivity index (χ0n) is 11.7. The summed E-state index contributed by atoms with van der Waals surface area (Å²) in [6.07, 6.45) is 8.00. The summed E-state index contributed by atoms with van der Waals surface area (Å²) in [5, 5.41) is 11.8. The maximum atomic E-state index is 12.1. The highest BCUT2D eigenvalue weighted by Crippen LogP contribution is 2.27. The monoisotopic (exact) mass is 279 g/mol. The van der Waals surface area contributed by atoms with Crippen molar-refractivity contribution >= 4 is 11.9 Å². The zero-order chi connectivity index (χ0) is 14.5. The van der Waals surface area contributed by atoms with E-state index in [1.54, 1.807) is 0 Å². The molecule has 2 N–H and O–H groups in total. The summed E-state index contributed by atoms with van der Waals surface area (Å²) in [5.74, 6) is -0.828. The lowest BCUT2D eigenvalue weighted by Gasteiger charge is -2.29. The molecular weight excluding hydrogens is 258 g/mol. The predicted molar refractivity (Wildman–Crippen MR) is 73.8 cm³/mol. The van der Waals surface area contributed by atoms with Crippen LogP contribution in [-0.2, 0) is 0 Å².